The summed E-state index contributed by atoms with van der Waals surface area (Å²) in [7, 11) is 0. The van der Waals surface area contributed by atoms with Gasteiger partial charge in [0.15, 0.2) is 0 Å². The van der Waals surface area contributed by atoms with Crippen LogP contribution < -0.4 is 5.56 Å². The van der Waals surface area contributed by atoms with Crippen LogP contribution in [-0.4, -0.2) is 15.6 Å². The van der Waals surface area contributed by atoms with E-state index in [2.05, 4.69) is 0 Å². The Morgan fingerprint density at radius 1 is 1.20 bits per heavy atom. The van der Waals surface area contributed by atoms with Crippen LogP contribution in [0.4, 0.5) is 4.39 Å². The lowest BCUT2D eigenvalue weighted by Gasteiger charge is -2.07. The minimum absolute atomic E-state index is 0.251. The summed E-state index contributed by atoms with van der Waals surface area (Å²) in [4.78, 5) is 22.7. The van der Waals surface area contributed by atoms with E-state index in [0.29, 0.717) is 24.9 Å². The molecule has 0 bridgehead atoms. The van der Waals surface area contributed by atoms with Gasteiger partial charge in [-0.25, -0.2) is 9.18 Å². The van der Waals surface area contributed by atoms with Gasteiger partial charge >= 0.3 is 5.97 Å². The van der Waals surface area contributed by atoms with Gasteiger partial charge in [-0.3, -0.25) is 4.79 Å². The molecule has 0 atom stereocenters. The van der Waals surface area contributed by atoms with Crippen molar-refractivity contribution in [1.82, 2.24) is 4.57 Å². The average molecular weight is 275 g/mol. The number of aromatic nitrogens is 1. The molecule has 2 rings (SSSR count). The van der Waals surface area contributed by atoms with E-state index in [1.54, 1.807) is 18.2 Å². The quantitative estimate of drug-likeness (QED) is 0.911. The number of hydrogen-bond donors (Lipinski definition) is 1. The first-order chi connectivity index (χ1) is 9.59. The molecule has 0 radical (unpaired) electrons. The van der Waals surface area contributed by atoms with E-state index in [0.717, 1.165) is 0 Å². The van der Waals surface area contributed by atoms with E-state index in [1.165, 1.54) is 29.0 Å². The second-order valence-corrected chi connectivity index (χ2v) is 4.42. The summed E-state index contributed by atoms with van der Waals surface area (Å²) in [5.74, 6) is -1.50. The molecule has 0 aliphatic rings. The summed E-state index contributed by atoms with van der Waals surface area (Å²) >= 11 is 0. The summed E-state index contributed by atoms with van der Waals surface area (Å²) < 4.78 is 14.8. The molecule has 0 fully saturated rings. The van der Waals surface area contributed by atoms with Crippen molar-refractivity contribution in [2.45, 2.75) is 19.4 Å². The molecule has 2 aromatic rings. The number of rotatable bonds is 5. The molecule has 0 saturated heterocycles. The Labute approximate surface area is 115 Å². The molecule has 0 unspecified atom stereocenters. The van der Waals surface area contributed by atoms with E-state index < -0.39 is 11.5 Å². The zero-order valence-corrected chi connectivity index (χ0v) is 10.8. The molecule has 0 saturated carbocycles. The number of benzene rings is 1. The van der Waals surface area contributed by atoms with Crippen molar-refractivity contribution in [3.8, 4) is 0 Å². The standard InChI is InChI=1S/C15H14FNO3/c16-13-8-2-1-5-11(13)6-3-9-17-10-4-7-12(14(17)18)15(19)20/h1-2,4-5,7-8,10H,3,6,9H2,(H,19,20). The van der Waals surface area contributed by atoms with Gasteiger partial charge in [0.2, 0.25) is 0 Å². The molecular weight excluding hydrogens is 261 g/mol. The van der Waals surface area contributed by atoms with Crippen LogP contribution in [0, 0.1) is 5.82 Å². The van der Waals surface area contributed by atoms with Gasteiger partial charge in [0.1, 0.15) is 11.4 Å². The highest BCUT2D eigenvalue weighted by atomic mass is 19.1. The molecule has 1 heterocycles. The number of halogens is 1. The fourth-order valence-electron chi connectivity index (χ4n) is 2.02. The Kier molecular flexibility index (Phi) is 4.30. The predicted molar refractivity (Wildman–Crippen MR) is 72.4 cm³/mol. The summed E-state index contributed by atoms with van der Waals surface area (Å²) in [6.45, 7) is 0.355. The zero-order chi connectivity index (χ0) is 14.5. The third-order valence-corrected chi connectivity index (χ3v) is 3.05. The van der Waals surface area contributed by atoms with Crippen LogP contribution in [0.15, 0.2) is 47.4 Å². The Morgan fingerprint density at radius 2 is 1.95 bits per heavy atom. The van der Waals surface area contributed by atoms with Crippen LogP contribution in [0.3, 0.4) is 0 Å². The Morgan fingerprint density at radius 3 is 2.65 bits per heavy atom. The Bertz CT molecular complexity index is 679. The molecule has 0 aliphatic carbocycles. The number of aryl methyl sites for hydroxylation is 2. The number of pyridine rings is 1. The van der Waals surface area contributed by atoms with Gasteiger partial charge in [0.25, 0.3) is 5.56 Å². The van der Waals surface area contributed by atoms with Gasteiger partial charge in [-0.05, 0) is 36.6 Å². The Balaban J connectivity index is 2.05. The van der Waals surface area contributed by atoms with Crippen molar-refractivity contribution in [2.24, 2.45) is 0 Å². The maximum Gasteiger partial charge on any atom is 0.341 e. The van der Waals surface area contributed by atoms with E-state index in [-0.39, 0.29) is 11.4 Å². The van der Waals surface area contributed by atoms with Gasteiger partial charge in [-0.1, -0.05) is 18.2 Å². The van der Waals surface area contributed by atoms with Crippen LogP contribution in [0.1, 0.15) is 22.3 Å². The maximum atomic E-state index is 13.4. The summed E-state index contributed by atoms with van der Waals surface area (Å²) in [5.41, 5.74) is -0.193. The maximum absolute atomic E-state index is 13.4. The SMILES string of the molecule is O=C(O)c1cccn(CCCc2ccccc2F)c1=O. The number of nitrogens with zero attached hydrogens (tertiary/aromatic N) is 1. The summed E-state index contributed by atoms with van der Waals surface area (Å²) in [6.07, 6.45) is 2.59. The fraction of sp³-hybridized carbons (Fsp3) is 0.200. The van der Waals surface area contributed by atoms with Crippen molar-refractivity contribution in [3.63, 3.8) is 0 Å². The molecule has 5 heteroatoms. The third-order valence-electron chi connectivity index (χ3n) is 3.05. The zero-order valence-electron chi connectivity index (χ0n) is 10.8. The first-order valence-electron chi connectivity index (χ1n) is 6.26. The largest absolute Gasteiger partial charge is 0.477 e. The monoisotopic (exact) mass is 275 g/mol. The molecule has 104 valence electrons. The van der Waals surface area contributed by atoms with Crippen molar-refractivity contribution >= 4 is 5.97 Å². The van der Waals surface area contributed by atoms with E-state index >= 15 is 0 Å². The van der Waals surface area contributed by atoms with Crippen molar-refractivity contribution < 1.29 is 14.3 Å². The van der Waals surface area contributed by atoms with Gasteiger partial charge in [0.05, 0.1) is 0 Å². The molecule has 0 amide bonds. The van der Waals surface area contributed by atoms with Crippen LogP contribution >= 0.6 is 0 Å². The first-order valence-corrected chi connectivity index (χ1v) is 6.26. The lowest BCUT2D eigenvalue weighted by Crippen LogP contribution is -2.25. The normalized spacial score (nSPS) is 10.4. The highest BCUT2D eigenvalue weighted by Gasteiger charge is 2.09. The average Bonchev–Trinajstić information content (AvgIpc) is 2.42. The van der Waals surface area contributed by atoms with Crippen LogP contribution in [0.25, 0.3) is 0 Å². The van der Waals surface area contributed by atoms with Crippen LogP contribution in [0.2, 0.25) is 0 Å². The molecule has 20 heavy (non-hydrogen) atoms. The minimum Gasteiger partial charge on any atom is -0.477 e. The van der Waals surface area contributed by atoms with Gasteiger partial charge in [-0.2, -0.15) is 0 Å². The summed E-state index contributed by atoms with van der Waals surface area (Å²) in [5, 5.41) is 8.87. The predicted octanol–water partition coefficient (Wildman–Crippen LogP) is 2.32. The van der Waals surface area contributed by atoms with Crippen molar-refractivity contribution in [3.05, 3.63) is 69.9 Å². The van der Waals surface area contributed by atoms with Crippen LogP contribution in [0.5, 0.6) is 0 Å². The first kappa shape index (κ1) is 14.0. The van der Waals surface area contributed by atoms with Crippen LogP contribution in [-0.2, 0) is 13.0 Å². The van der Waals surface area contributed by atoms with Gasteiger partial charge < -0.3 is 9.67 Å². The number of aromatic carboxylic acids is 1. The fourth-order valence-corrected chi connectivity index (χ4v) is 2.02. The molecule has 1 aromatic carbocycles. The lowest BCUT2D eigenvalue weighted by molar-refractivity contribution is 0.0694. The molecule has 0 aliphatic heterocycles. The third kappa shape index (κ3) is 3.12. The molecule has 0 spiro atoms. The number of carboxylic acids is 1. The molecular formula is C15H14FNO3. The van der Waals surface area contributed by atoms with E-state index in [4.69, 9.17) is 5.11 Å². The van der Waals surface area contributed by atoms with Gasteiger partial charge in [-0.15, -0.1) is 0 Å². The van der Waals surface area contributed by atoms with Gasteiger partial charge in [0, 0.05) is 12.7 Å². The smallest absolute Gasteiger partial charge is 0.341 e. The number of hydrogen-bond acceptors (Lipinski definition) is 2. The minimum atomic E-state index is -1.24. The number of carbonyl (C=O) groups is 1. The highest BCUT2D eigenvalue weighted by Crippen LogP contribution is 2.09. The Hall–Kier alpha value is -2.43. The highest BCUT2D eigenvalue weighted by molar-refractivity contribution is 5.86. The number of carboxylic acid groups (broad SMARTS) is 1. The summed E-state index contributed by atoms with van der Waals surface area (Å²) in [6, 6.07) is 9.28. The van der Waals surface area contributed by atoms with Crippen molar-refractivity contribution in [2.75, 3.05) is 0 Å². The van der Waals surface area contributed by atoms with Crippen molar-refractivity contribution in [1.29, 1.82) is 0 Å². The molecule has 1 N–H and O–H groups in total. The molecule has 4 nitrogen and oxygen atoms in total. The van der Waals surface area contributed by atoms with E-state index in [9.17, 15) is 14.0 Å². The van der Waals surface area contributed by atoms with E-state index in [1.807, 2.05) is 0 Å². The lowest BCUT2D eigenvalue weighted by atomic mass is 10.1. The topological polar surface area (TPSA) is 59.3 Å². The second kappa shape index (κ2) is 6.14. The molecule has 1 aromatic heterocycles. The second-order valence-electron chi connectivity index (χ2n) is 4.42.